The summed E-state index contributed by atoms with van der Waals surface area (Å²) in [5.74, 6) is 0.0570. The molecule has 0 amide bonds. The van der Waals surface area contributed by atoms with Crippen LogP contribution >= 0.6 is 0 Å². The number of hydrogen-bond acceptors (Lipinski definition) is 2. The second kappa shape index (κ2) is 5.23. The molecular formula is C13H13NO2S. The minimum Gasteiger partial charge on any atom is -0.623 e. The van der Waals surface area contributed by atoms with E-state index in [1.54, 1.807) is 6.08 Å². The Balaban J connectivity index is 2.37. The number of benzene rings is 1. The Hall–Kier alpha value is -1.49. The predicted octanol–water partition coefficient (Wildman–Crippen LogP) is 0.969. The molecule has 0 bridgehead atoms. The fourth-order valence-corrected chi connectivity index (χ4v) is 2.38. The van der Waals surface area contributed by atoms with E-state index in [0.717, 1.165) is 11.1 Å². The van der Waals surface area contributed by atoms with E-state index >= 15 is 0 Å². The van der Waals surface area contributed by atoms with Crippen LogP contribution in [0.1, 0.15) is 18.4 Å². The number of hydroxylamine groups is 2. The smallest absolute Gasteiger partial charge is 0.233 e. The molecule has 4 heteroatoms. The fraction of sp³-hybridized carbons (Fsp3) is 0.154. The molecule has 0 aromatic heterocycles. The van der Waals surface area contributed by atoms with Crippen LogP contribution in [0, 0.1) is 5.21 Å². The van der Waals surface area contributed by atoms with Gasteiger partial charge in [0.15, 0.2) is 11.3 Å². The molecule has 88 valence electrons. The zero-order valence-electron chi connectivity index (χ0n) is 9.42. The second-order valence-electron chi connectivity index (χ2n) is 3.89. The monoisotopic (exact) mass is 247 g/mol. The van der Waals surface area contributed by atoms with Gasteiger partial charge in [0.25, 0.3) is 0 Å². The second-order valence-corrected chi connectivity index (χ2v) is 4.47. The highest BCUT2D eigenvalue weighted by molar-refractivity contribution is 7.66. The maximum absolute atomic E-state index is 11.6. The highest BCUT2D eigenvalue weighted by atomic mass is 32.1. The lowest BCUT2D eigenvalue weighted by Gasteiger charge is -2.24. The molecule has 1 aliphatic heterocycles. The van der Waals surface area contributed by atoms with Gasteiger partial charge in [-0.1, -0.05) is 37.3 Å². The average Bonchev–Trinajstić information content (AvgIpc) is 2.38. The van der Waals surface area contributed by atoms with Gasteiger partial charge in [-0.2, -0.15) is 0 Å². The minimum absolute atomic E-state index is 0.0570. The molecule has 1 aromatic carbocycles. The van der Waals surface area contributed by atoms with Crippen LogP contribution in [0.5, 0.6) is 0 Å². The first-order chi connectivity index (χ1) is 8.24. The summed E-state index contributed by atoms with van der Waals surface area (Å²) in [5, 5.41) is 11.4. The van der Waals surface area contributed by atoms with Gasteiger partial charge in [0.2, 0.25) is 4.99 Å². The van der Waals surface area contributed by atoms with Crippen LogP contribution in [0.3, 0.4) is 0 Å². The van der Waals surface area contributed by atoms with Gasteiger partial charge in [-0.3, -0.25) is 0 Å². The maximum Gasteiger partial charge on any atom is 0.233 e. The van der Waals surface area contributed by atoms with E-state index in [9.17, 15) is 9.42 Å². The fourth-order valence-electron chi connectivity index (χ4n) is 1.88. The van der Waals surface area contributed by atoms with Gasteiger partial charge in [-0.15, -0.1) is 0 Å². The van der Waals surface area contributed by atoms with Crippen LogP contribution in [-0.2, 0) is 11.3 Å². The Bertz CT molecular complexity index is 515. The van der Waals surface area contributed by atoms with E-state index in [1.807, 2.05) is 43.3 Å². The Morgan fingerprint density at radius 1 is 1.29 bits per heavy atom. The lowest BCUT2D eigenvalue weighted by atomic mass is 9.91. The third-order valence-corrected chi connectivity index (χ3v) is 3.46. The van der Waals surface area contributed by atoms with E-state index in [4.69, 9.17) is 0 Å². The summed E-state index contributed by atoms with van der Waals surface area (Å²) in [6.07, 6.45) is 4.98. The Kier molecular flexibility index (Phi) is 3.68. The number of allylic oxidation sites excluding steroid dienone is 2. The predicted molar refractivity (Wildman–Crippen MR) is 69.6 cm³/mol. The normalized spacial score (nSPS) is 20.9. The largest absolute Gasteiger partial charge is 0.623 e. The first-order valence-corrected chi connectivity index (χ1v) is 6.13. The summed E-state index contributed by atoms with van der Waals surface area (Å²) in [7, 11) is 0. The summed E-state index contributed by atoms with van der Waals surface area (Å²) in [4.78, 5) is 0.309. The number of rotatable bonds is 2. The van der Waals surface area contributed by atoms with Gasteiger partial charge < -0.3 is 10.3 Å². The van der Waals surface area contributed by atoms with Crippen molar-refractivity contribution < 1.29 is 9.27 Å². The summed E-state index contributed by atoms with van der Waals surface area (Å²) < 4.78 is 11.0. The lowest BCUT2D eigenvalue weighted by molar-refractivity contribution is -0.680. The highest BCUT2D eigenvalue weighted by Gasteiger charge is 2.22. The van der Waals surface area contributed by atoms with Crippen molar-refractivity contribution in [1.82, 2.24) is 0 Å². The Morgan fingerprint density at radius 3 is 2.65 bits per heavy atom. The Morgan fingerprint density at radius 2 is 2.00 bits per heavy atom. The standard InChI is InChI=1S/C13H13NO2S/c1-10(11-6-3-2-4-7-11)12-8-5-9-14(15)13(12)17-16/h2-10,14H,1H3. The number of hydrogen-bond donors (Lipinski definition) is 1. The van der Waals surface area contributed by atoms with Crippen LogP contribution < -0.4 is 5.06 Å². The summed E-state index contributed by atoms with van der Waals surface area (Å²) in [6.45, 7) is 2.00. The topological polar surface area (TPSA) is 44.6 Å². The van der Waals surface area contributed by atoms with Gasteiger partial charge in [0.05, 0.1) is 0 Å². The van der Waals surface area contributed by atoms with Crippen LogP contribution in [0.15, 0.2) is 54.3 Å². The van der Waals surface area contributed by atoms with Crippen molar-refractivity contribution in [1.29, 1.82) is 0 Å². The molecule has 1 heterocycles. The van der Waals surface area contributed by atoms with Crippen LogP contribution in [0.4, 0.5) is 0 Å². The molecular weight excluding hydrogens is 234 g/mol. The first-order valence-electron chi connectivity index (χ1n) is 5.38. The molecule has 3 nitrogen and oxygen atoms in total. The molecule has 0 spiro atoms. The summed E-state index contributed by atoms with van der Waals surface area (Å²) >= 11 is 0.283. The first kappa shape index (κ1) is 12.0. The molecule has 1 N–H and O–H groups in total. The van der Waals surface area contributed by atoms with E-state index in [1.165, 1.54) is 6.20 Å². The van der Waals surface area contributed by atoms with Crippen LogP contribution in [0.2, 0.25) is 0 Å². The van der Waals surface area contributed by atoms with Crippen molar-refractivity contribution in [3.8, 4) is 0 Å². The van der Waals surface area contributed by atoms with Crippen LogP contribution in [0.25, 0.3) is 0 Å². The van der Waals surface area contributed by atoms with E-state index in [-0.39, 0.29) is 22.2 Å². The molecule has 17 heavy (non-hydrogen) atoms. The molecule has 2 rings (SSSR count). The van der Waals surface area contributed by atoms with Gasteiger partial charge in [-0.05, 0) is 17.7 Å². The van der Waals surface area contributed by atoms with Crippen molar-refractivity contribution in [2.45, 2.75) is 12.8 Å². The third kappa shape index (κ3) is 2.44. The van der Waals surface area contributed by atoms with E-state index < -0.39 is 0 Å². The SMILES string of the molecule is CC(C1=CC=C[NH+]([O-])C1=S=O)c1ccccc1. The van der Waals surface area contributed by atoms with Gasteiger partial charge in [0, 0.05) is 11.5 Å². The van der Waals surface area contributed by atoms with Crippen molar-refractivity contribution >= 4 is 16.2 Å². The molecule has 0 fully saturated rings. The van der Waals surface area contributed by atoms with Crippen LogP contribution in [-0.4, -0.2) is 9.20 Å². The van der Waals surface area contributed by atoms with Crippen molar-refractivity contribution in [3.05, 3.63) is 65.0 Å². The zero-order chi connectivity index (χ0) is 12.3. The van der Waals surface area contributed by atoms with E-state index in [0.29, 0.717) is 4.99 Å². The maximum atomic E-state index is 11.6. The average molecular weight is 247 g/mol. The summed E-state index contributed by atoms with van der Waals surface area (Å²) in [6, 6.07) is 9.86. The molecule has 2 atom stereocenters. The Labute approximate surface area is 104 Å². The van der Waals surface area contributed by atoms with Crippen molar-refractivity contribution in [2.24, 2.45) is 0 Å². The quantitative estimate of drug-likeness (QED) is 0.625. The molecule has 2 unspecified atom stereocenters. The van der Waals surface area contributed by atoms with E-state index in [2.05, 4.69) is 0 Å². The molecule has 0 radical (unpaired) electrons. The minimum atomic E-state index is -0.190. The summed E-state index contributed by atoms with van der Waals surface area (Å²) in [5.41, 5.74) is 1.91. The van der Waals surface area contributed by atoms with Crippen molar-refractivity contribution in [2.75, 3.05) is 0 Å². The molecule has 0 aliphatic carbocycles. The molecule has 1 aliphatic rings. The molecule has 1 aromatic rings. The van der Waals surface area contributed by atoms with Gasteiger partial charge >= 0.3 is 0 Å². The van der Waals surface area contributed by atoms with Crippen molar-refractivity contribution in [3.63, 3.8) is 0 Å². The van der Waals surface area contributed by atoms with Gasteiger partial charge in [0.1, 0.15) is 6.20 Å². The number of quaternary nitrogens is 1. The molecule has 0 saturated carbocycles. The highest BCUT2D eigenvalue weighted by Crippen LogP contribution is 2.24. The molecule has 0 saturated heterocycles. The third-order valence-electron chi connectivity index (χ3n) is 2.86. The van der Waals surface area contributed by atoms with Gasteiger partial charge in [-0.25, -0.2) is 4.21 Å². The number of nitrogens with one attached hydrogen (secondary N) is 1. The lowest BCUT2D eigenvalue weighted by Crippen LogP contribution is -3.06. The zero-order valence-corrected chi connectivity index (χ0v) is 10.2.